The first-order chi connectivity index (χ1) is 8.04. The lowest BCUT2D eigenvalue weighted by Crippen LogP contribution is -2.36. The normalized spacial score (nSPS) is 14.7. The van der Waals surface area contributed by atoms with Crippen molar-refractivity contribution in [3.05, 3.63) is 29.8 Å². The molecule has 3 nitrogen and oxygen atoms in total. The second kappa shape index (κ2) is 6.62. The van der Waals surface area contributed by atoms with Gasteiger partial charge in [-0.05, 0) is 38.9 Å². The molecule has 0 fully saturated rings. The molecule has 0 aliphatic carbocycles. The van der Waals surface area contributed by atoms with Crippen LogP contribution in [0.25, 0.3) is 0 Å². The standard InChI is InChI=1S/C14H23NO2/c1-11(15(3)10-12(2)16)9-13-7-5-6-8-14(13)17-4/h5-8,11-12,16H,9-10H2,1-4H3. The molecule has 0 amide bonds. The molecular formula is C14H23NO2. The Labute approximate surface area is 104 Å². The molecule has 0 aliphatic rings. The summed E-state index contributed by atoms with van der Waals surface area (Å²) in [4.78, 5) is 2.16. The molecule has 1 aromatic rings. The first-order valence-electron chi connectivity index (χ1n) is 6.04. The fraction of sp³-hybridized carbons (Fsp3) is 0.571. The van der Waals surface area contributed by atoms with Gasteiger partial charge >= 0.3 is 0 Å². The maximum absolute atomic E-state index is 9.37. The van der Waals surface area contributed by atoms with E-state index < -0.39 is 0 Å². The van der Waals surface area contributed by atoms with Crippen molar-refractivity contribution in [2.45, 2.75) is 32.4 Å². The van der Waals surface area contributed by atoms with Gasteiger partial charge in [0.15, 0.2) is 0 Å². The molecular weight excluding hydrogens is 214 g/mol. The van der Waals surface area contributed by atoms with Gasteiger partial charge in [-0.25, -0.2) is 0 Å². The van der Waals surface area contributed by atoms with Crippen LogP contribution in [0.2, 0.25) is 0 Å². The minimum absolute atomic E-state index is 0.292. The van der Waals surface area contributed by atoms with Crippen molar-refractivity contribution in [1.29, 1.82) is 0 Å². The summed E-state index contributed by atoms with van der Waals surface area (Å²) >= 11 is 0. The van der Waals surface area contributed by atoms with Gasteiger partial charge in [0.1, 0.15) is 5.75 Å². The predicted molar refractivity (Wildman–Crippen MR) is 70.5 cm³/mol. The molecule has 0 bridgehead atoms. The van der Waals surface area contributed by atoms with Crippen molar-refractivity contribution < 1.29 is 9.84 Å². The minimum Gasteiger partial charge on any atom is -0.496 e. The van der Waals surface area contributed by atoms with Gasteiger partial charge in [0, 0.05) is 12.6 Å². The zero-order valence-corrected chi connectivity index (χ0v) is 11.2. The van der Waals surface area contributed by atoms with Crippen molar-refractivity contribution in [2.75, 3.05) is 20.7 Å². The fourth-order valence-electron chi connectivity index (χ4n) is 1.94. The van der Waals surface area contributed by atoms with Crippen LogP contribution >= 0.6 is 0 Å². The van der Waals surface area contributed by atoms with Gasteiger partial charge in [-0.2, -0.15) is 0 Å². The van der Waals surface area contributed by atoms with Gasteiger partial charge in [0.05, 0.1) is 13.2 Å². The molecule has 17 heavy (non-hydrogen) atoms. The lowest BCUT2D eigenvalue weighted by atomic mass is 10.0. The molecule has 0 aliphatic heterocycles. The number of hydrogen-bond acceptors (Lipinski definition) is 3. The average molecular weight is 237 g/mol. The Bertz CT molecular complexity index is 339. The Kier molecular flexibility index (Phi) is 5.45. The lowest BCUT2D eigenvalue weighted by Gasteiger charge is -2.26. The van der Waals surface area contributed by atoms with Crippen LogP contribution in [0, 0.1) is 0 Å². The number of benzene rings is 1. The smallest absolute Gasteiger partial charge is 0.122 e. The van der Waals surface area contributed by atoms with Crippen LogP contribution in [-0.2, 0) is 6.42 Å². The molecule has 1 rings (SSSR count). The second-order valence-corrected chi connectivity index (χ2v) is 4.65. The predicted octanol–water partition coefficient (Wildman–Crippen LogP) is 1.94. The van der Waals surface area contributed by atoms with Crippen LogP contribution in [0.1, 0.15) is 19.4 Å². The van der Waals surface area contributed by atoms with E-state index in [1.54, 1.807) is 7.11 Å². The number of methoxy groups -OCH3 is 1. The van der Waals surface area contributed by atoms with Gasteiger partial charge in [-0.1, -0.05) is 18.2 Å². The Morgan fingerprint density at radius 1 is 1.29 bits per heavy atom. The SMILES string of the molecule is COc1ccccc1CC(C)N(C)CC(C)O. The number of aliphatic hydroxyl groups is 1. The van der Waals surface area contributed by atoms with Crippen molar-refractivity contribution in [3.63, 3.8) is 0 Å². The summed E-state index contributed by atoms with van der Waals surface area (Å²) < 4.78 is 5.34. The van der Waals surface area contributed by atoms with Crippen LogP contribution < -0.4 is 4.74 Å². The van der Waals surface area contributed by atoms with Crippen molar-refractivity contribution >= 4 is 0 Å². The van der Waals surface area contributed by atoms with Crippen LogP contribution in [0.5, 0.6) is 5.75 Å². The Hall–Kier alpha value is -1.06. The van der Waals surface area contributed by atoms with E-state index >= 15 is 0 Å². The van der Waals surface area contributed by atoms with E-state index in [-0.39, 0.29) is 6.10 Å². The van der Waals surface area contributed by atoms with E-state index in [4.69, 9.17) is 4.74 Å². The molecule has 0 saturated heterocycles. The summed E-state index contributed by atoms with van der Waals surface area (Å²) in [5.41, 5.74) is 1.21. The lowest BCUT2D eigenvalue weighted by molar-refractivity contribution is 0.121. The Morgan fingerprint density at radius 2 is 1.94 bits per heavy atom. The molecule has 1 N–H and O–H groups in total. The number of rotatable bonds is 6. The van der Waals surface area contributed by atoms with E-state index in [0.717, 1.165) is 12.2 Å². The highest BCUT2D eigenvalue weighted by Crippen LogP contribution is 2.20. The summed E-state index contributed by atoms with van der Waals surface area (Å²) in [5, 5.41) is 9.37. The van der Waals surface area contributed by atoms with Gasteiger partial charge in [-0.15, -0.1) is 0 Å². The summed E-state index contributed by atoms with van der Waals surface area (Å²) in [5.74, 6) is 0.935. The number of hydrogen-bond donors (Lipinski definition) is 1. The summed E-state index contributed by atoms with van der Waals surface area (Å²) in [6.07, 6.45) is 0.632. The largest absolute Gasteiger partial charge is 0.496 e. The summed E-state index contributed by atoms with van der Waals surface area (Å²) in [6, 6.07) is 8.45. The molecule has 0 aromatic heterocycles. The van der Waals surface area contributed by atoms with E-state index in [1.807, 2.05) is 32.2 Å². The zero-order chi connectivity index (χ0) is 12.8. The molecule has 1 aromatic carbocycles. The zero-order valence-electron chi connectivity index (χ0n) is 11.2. The molecule has 0 radical (unpaired) electrons. The van der Waals surface area contributed by atoms with Gasteiger partial charge < -0.3 is 14.7 Å². The molecule has 0 spiro atoms. The van der Waals surface area contributed by atoms with E-state index in [9.17, 15) is 5.11 Å². The fourth-order valence-corrected chi connectivity index (χ4v) is 1.94. The Morgan fingerprint density at radius 3 is 2.53 bits per heavy atom. The Balaban J connectivity index is 2.63. The third-order valence-electron chi connectivity index (χ3n) is 3.01. The highest BCUT2D eigenvalue weighted by molar-refractivity contribution is 5.33. The van der Waals surface area contributed by atoms with Gasteiger partial charge in [-0.3, -0.25) is 0 Å². The van der Waals surface area contributed by atoms with E-state index in [2.05, 4.69) is 17.9 Å². The monoisotopic (exact) mass is 237 g/mol. The van der Waals surface area contributed by atoms with Gasteiger partial charge in [0.25, 0.3) is 0 Å². The van der Waals surface area contributed by atoms with Crippen molar-refractivity contribution in [2.24, 2.45) is 0 Å². The summed E-state index contributed by atoms with van der Waals surface area (Å²) in [7, 11) is 3.73. The number of aliphatic hydroxyl groups excluding tert-OH is 1. The van der Waals surface area contributed by atoms with Gasteiger partial charge in [0.2, 0.25) is 0 Å². The topological polar surface area (TPSA) is 32.7 Å². The van der Waals surface area contributed by atoms with E-state index in [1.165, 1.54) is 5.56 Å². The van der Waals surface area contributed by atoms with E-state index in [0.29, 0.717) is 12.6 Å². The van der Waals surface area contributed by atoms with Crippen molar-refractivity contribution in [1.82, 2.24) is 4.90 Å². The highest BCUT2D eigenvalue weighted by atomic mass is 16.5. The number of ether oxygens (including phenoxy) is 1. The molecule has 0 saturated carbocycles. The third kappa shape index (κ3) is 4.36. The highest BCUT2D eigenvalue weighted by Gasteiger charge is 2.13. The second-order valence-electron chi connectivity index (χ2n) is 4.65. The molecule has 0 heterocycles. The molecule has 96 valence electrons. The molecule has 3 heteroatoms. The molecule has 2 unspecified atom stereocenters. The summed E-state index contributed by atoms with van der Waals surface area (Å²) in [6.45, 7) is 4.66. The number of para-hydroxylation sites is 1. The quantitative estimate of drug-likeness (QED) is 0.820. The van der Waals surface area contributed by atoms with Crippen LogP contribution in [0.4, 0.5) is 0 Å². The van der Waals surface area contributed by atoms with Crippen molar-refractivity contribution in [3.8, 4) is 5.75 Å². The van der Waals surface area contributed by atoms with Crippen LogP contribution in [0.3, 0.4) is 0 Å². The van der Waals surface area contributed by atoms with Crippen LogP contribution in [0.15, 0.2) is 24.3 Å². The number of nitrogens with zero attached hydrogens (tertiary/aromatic N) is 1. The first-order valence-corrected chi connectivity index (χ1v) is 6.04. The van der Waals surface area contributed by atoms with Crippen LogP contribution in [-0.4, -0.2) is 42.9 Å². The molecule has 2 atom stereocenters. The number of likely N-dealkylation sites (N-methyl/N-ethyl adjacent to an activating group) is 1. The average Bonchev–Trinajstić information content (AvgIpc) is 2.28. The maximum atomic E-state index is 9.37. The first kappa shape index (κ1) is 14.0. The maximum Gasteiger partial charge on any atom is 0.122 e. The minimum atomic E-state index is -0.292. The third-order valence-corrected chi connectivity index (χ3v) is 3.01.